The van der Waals surface area contributed by atoms with E-state index in [-0.39, 0.29) is 11.9 Å². The molecule has 0 saturated heterocycles. The van der Waals surface area contributed by atoms with Gasteiger partial charge in [-0.3, -0.25) is 0 Å². The summed E-state index contributed by atoms with van der Waals surface area (Å²) in [5.74, 6) is 0.557. The van der Waals surface area contributed by atoms with Gasteiger partial charge < -0.3 is 15.6 Å². The number of nitrogens with two attached hydrogens (primary N) is 1. The Balaban J connectivity index is 1.60. The number of anilines is 1. The predicted molar refractivity (Wildman–Crippen MR) is 119 cm³/mol. The zero-order valence-electron chi connectivity index (χ0n) is 16.3. The van der Waals surface area contributed by atoms with Gasteiger partial charge in [-0.2, -0.15) is 0 Å². The summed E-state index contributed by atoms with van der Waals surface area (Å²) in [6, 6.07) is 23.6. The van der Waals surface area contributed by atoms with Crippen LogP contribution in [0.2, 0.25) is 5.02 Å². The van der Waals surface area contributed by atoms with Gasteiger partial charge in [-0.05, 0) is 54.1 Å². The van der Waals surface area contributed by atoms with E-state index in [1.807, 2.05) is 65.4 Å². The topological polar surface area (TPSA) is 55.9 Å². The Kier molecular flexibility index (Phi) is 6.12. The summed E-state index contributed by atoms with van der Waals surface area (Å²) in [5.41, 5.74) is 10.2. The van der Waals surface area contributed by atoms with E-state index in [4.69, 9.17) is 22.3 Å². The van der Waals surface area contributed by atoms with Crippen LogP contribution in [0.5, 0.6) is 0 Å². The number of nitrogens with one attached hydrogen (secondary N) is 1. The molecule has 0 spiro atoms. The molecule has 4 nitrogen and oxygen atoms in total. The predicted octanol–water partition coefficient (Wildman–Crippen LogP) is 5.52. The van der Waals surface area contributed by atoms with Crippen molar-refractivity contribution in [1.82, 2.24) is 9.55 Å². The average Bonchev–Trinajstić information content (AvgIpc) is 3.16. The van der Waals surface area contributed by atoms with Gasteiger partial charge in [-0.25, -0.2) is 9.37 Å². The highest BCUT2D eigenvalue weighted by molar-refractivity contribution is 6.30. The van der Waals surface area contributed by atoms with Crippen molar-refractivity contribution in [3.8, 4) is 5.69 Å². The number of nitrogens with zero attached hydrogens (tertiary/aromatic N) is 2. The number of imidazole rings is 1. The fourth-order valence-corrected chi connectivity index (χ4v) is 3.43. The fraction of sp³-hybridized carbons (Fsp3) is 0.125. The number of aromatic nitrogens is 2. The van der Waals surface area contributed by atoms with Crippen molar-refractivity contribution < 1.29 is 4.39 Å². The third-order valence-corrected chi connectivity index (χ3v) is 5.13. The minimum absolute atomic E-state index is 0.275. The van der Waals surface area contributed by atoms with Crippen molar-refractivity contribution in [2.24, 2.45) is 5.73 Å². The highest BCUT2D eigenvalue weighted by atomic mass is 35.5. The van der Waals surface area contributed by atoms with Crippen LogP contribution in [0.4, 0.5) is 10.1 Å². The molecule has 0 saturated carbocycles. The maximum absolute atomic E-state index is 13.2. The molecule has 152 valence electrons. The largest absolute Gasteiger partial charge is 0.379 e. The van der Waals surface area contributed by atoms with Crippen LogP contribution in [0, 0.1) is 5.82 Å². The van der Waals surface area contributed by atoms with Crippen LogP contribution >= 0.6 is 11.6 Å². The summed E-state index contributed by atoms with van der Waals surface area (Å²) < 4.78 is 15.3. The maximum Gasteiger partial charge on any atom is 0.123 e. The summed E-state index contributed by atoms with van der Waals surface area (Å²) in [7, 11) is 0. The molecular weight excluding hydrogens is 399 g/mol. The van der Waals surface area contributed by atoms with Gasteiger partial charge in [-0.15, -0.1) is 0 Å². The Morgan fingerprint density at radius 1 is 0.967 bits per heavy atom. The summed E-state index contributed by atoms with van der Waals surface area (Å²) >= 11 is 6.05. The quantitative estimate of drug-likeness (QED) is 0.414. The van der Waals surface area contributed by atoms with E-state index >= 15 is 0 Å². The van der Waals surface area contributed by atoms with Crippen LogP contribution in [0.1, 0.15) is 23.1 Å². The number of halogens is 2. The Morgan fingerprint density at radius 2 is 1.67 bits per heavy atom. The molecule has 0 aliphatic carbocycles. The van der Waals surface area contributed by atoms with E-state index in [0.717, 1.165) is 28.5 Å². The van der Waals surface area contributed by atoms with Crippen molar-refractivity contribution in [2.45, 2.75) is 19.0 Å². The summed E-state index contributed by atoms with van der Waals surface area (Å²) in [4.78, 5) is 4.82. The third kappa shape index (κ3) is 4.87. The first-order chi connectivity index (χ1) is 14.6. The van der Waals surface area contributed by atoms with Crippen molar-refractivity contribution in [1.29, 1.82) is 0 Å². The monoisotopic (exact) mass is 420 g/mol. The van der Waals surface area contributed by atoms with Crippen LogP contribution in [-0.4, -0.2) is 9.55 Å². The first kappa shape index (κ1) is 20.1. The van der Waals surface area contributed by atoms with Crippen molar-refractivity contribution in [2.75, 3.05) is 5.32 Å². The lowest BCUT2D eigenvalue weighted by Crippen LogP contribution is -2.16. The number of para-hydroxylation sites is 1. The fourth-order valence-electron chi connectivity index (χ4n) is 3.30. The minimum Gasteiger partial charge on any atom is -0.379 e. The van der Waals surface area contributed by atoms with Gasteiger partial charge in [0, 0.05) is 35.1 Å². The first-order valence-electron chi connectivity index (χ1n) is 9.71. The van der Waals surface area contributed by atoms with Gasteiger partial charge in [0.05, 0.1) is 12.2 Å². The standard InChI is InChI=1S/C24H22ClFN4/c25-18-8-12-22(13-9-18)30-16-21(15-28-20-4-2-1-3-5-20)29-24(30)14-23(27)17-6-10-19(26)11-7-17/h1-13,16,23,28H,14-15,27H2. The zero-order valence-corrected chi connectivity index (χ0v) is 17.1. The Morgan fingerprint density at radius 3 is 2.37 bits per heavy atom. The molecule has 0 aliphatic heterocycles. The molecule has 3 aromatic carbocycles. The maximum atomic E-state index is 13.2. The van der Waals surface area contributed by atoms with Gasteiger partial charge in [0.1, 0.15) is 11.6 Å². The zero-order chi connectivity index (χ0) is 20.9. The van der Waals surface area contributed by atoms with Gasteiger partial charge in [0.2, 0.25) is 0 Å². The van der Waals surface area contributed by atoms with Crippen molar-refractivity contribution >= 4 is 17.3 Å². The van der Waals surface area contributed by atoms with E-state index in [0.29, 0.717) is 18.0 Å². The van der Waals surface area contributed by atoms with Crippen LogP contribution in [-0.2, 0) is 13.0 Å². The Labute approximate surface area is 180 Å². The van der Waals surface area contributed by atoms with Crippen LogP contribution in [0.25, 0.3) is 5.69 Å². The lowest BCUT2D eigenvalue weighted by atomic mass is 10.0. The van der Waals surface area contributed by atoms with Gasteiger partial charge in [0.15, 0.2) is 0 Å². The van der Waals surface area contributed by atoms with Gasteiger partial charge in [0.25, 0.3) is 0 Å². The van der Waals surface area contributed by atoms with Crippen LogP contribution in [0.3, 0.4) is 0 Å². The molecule has 1 unspecified atom stereocenters. The van der Waals surface area contributed by atoms with Crippen LogP contribution in [0.15, 0.2) is 85.1 Å². The highest BCUT2D eigenvalue weighted by Crippen LogP contribution is 2.21. The van der Waals surface area contributed by atoms with Gasteiger partial charge in [-0.1, -0.05) is 41.9 Å². The number of rotatable bonds is 7. The molecule has 4 rings (SSSR count). The lowest BCUT2D eigenvalue weighted by molar-refractivity contribution is 0.622. The second-order valence-corrected chi connectivity index (χ2v) is 7.51. The van der Waals surface area contributed by atoms with Crippen LogP contribution < -0.4 is 11.1 Å². The molecular formula is C24H22ClFN4. The smallest absolute Gasteiger partial charge is 0.123 e. The van der Waals surface area contributed by atoms with E-state index < -0.39 is 0 Å². The second-order valence-electron chi connectivity index (χ2n) is 7.08. The molecule has 30 heavy (non-hydrogen) atoms. The van der Waals surface area contributed by atoms with Crippen molar-refractivity contribution in [3.63, 3.8) is 0 Å². The molecule has 3 N–H and O–H groups in total. The molecule has 6 heteroatoms. The Hall–Kier alpha value is -3.15. The Bertz CT molecular complexity index is 1090. The normalized spacial score (nSPS) is 12.0. The van der Waals surface area contributed by atoms with E-state index in [2.05, 4.69) is 5.32 Å². The van der Waals surface area contributed by atoms with Crippen molar-refractivity contribution in [3.05, 3.63) is 113 Å². The van der Waals surface area contributed by atoms with E-state index in [1.54, 1.807) is 12.1 Å². The lowest BCUT2D eigenvalue weighted by Gasteiger charge is -2.13. The molecule has 1 atom stereocenters. The minimum atomic E-state index is -0.297. The molecule has 1 heterocycles. The number of hydrogen-bond acceptors (Lipinski definition) is 3. The number of benzene rings is 3. The first-order valence-corrected chi connectivity index (χ1v) is 10.1. The number of hydrogen-bond donors (Lipinski definition) is 2. The summed E-state index contributed by atoms with van der Waals surface area (Å²) in [6.45, 7) is 0.587. The molecule has 4 aromatic rings. The highest BCUT2D eigenvalue weighted by Gasteiger charge is 2.15. The van der Waals surface area contributed by atoms with Gasteiger partial charge >= 0.3 is 0 Å². The molecule has 0 bridgehead atoms. The van der Waals surface area contributed by atoms with E-state index in [9.17, 15) is 4.39 Å². The average molecular weight is 421 g/mol. The van der Waals surface area contributed by atoms with E-state index in [1.165, 1.54) is 12.1 Å². The molecule has 0 fully saturated rings. The molecule has 0 amide bonds. The molecule has 0 aliphatic rings. The SMILES string of the molecule is NC(Cc1nc(CNc2ccccc2)cn1-c1ccc(Cl)cc1)c1ccc(F)cc1. The molecule has 1 aromatic heterocycles. The summed E-state index contributed by atoms with van der Waals surface area (Å²) in [5, 5.41) is 4.06. The third-order valence-electron chi connectivity index (χ3n) is 4.88. The molecule has 0 radical (unpaired) electrons. The second kappa shape index (κ2) is 9.11. The summed E-state index contributed by atoms with van der Waals surface area (Å²) in [6.07, 6.45) is 2.52.